The smallest absolute Gasteiger partial charge is 0.179 e. The minimum Gasteiger partial charge on any atom is -0.383 e. The van der Waals surface area contributed by atoms with Crippen molar-refractivity contribution in [3.05, 3.63) is 29.8 Å². The molecule has 1 fully saturated rings. The molecule has 1 aliphatic heterocycles. The molecule has 1 unspecified atom stereocenters. The largest absolute Gasteiger partial charge is 0.383 e. The highest BCUT2D eigenvalue weighted by molar-refractivity contribution is 7.91. The highest BCUT2D eigenvalue weighted by atomic mass is 32.2. The van der Waals surface area contributed by atoms with Gasteiger partial charge in [-0.05, 0) is 29.9 Å². The van der Waals surface area contributed by atoms with Gasteiger partial charge in [-0.2, -0.15) is 0 Å². The van der Waals surface area contributed by atoms with Gasteiger partial charge in [-0.25, -0.2) is 8.42 Å². The van der Waals surface area contributed by atoms with Crippen LogP contribution in [0.2, 0.25) is 0 Å². The molecular weight excluding hydrogens is 274 g/mol. The average molecular weight is 295 g/mol. The lowest BCUT2D eigenvalue weighted by Crippen LogP contribution is -2.31. The molecule has 3 rings (SSSR count). The van der Waals surface area contributed by atoms with Gasteiger partial charge < -0.3 is 10.1 Å². The molecule has 0 bridgehead atoms. The van der Waals surface area contributed by atoms with Crippen molar-refractivity contribution in [3.8, 4) is 0 Å². The summed E-state index contributed by atoms with van der Waals surface area (Å²) in [4.78, 5) is 0.549. The maximum absolute atomic E-state index is 12.3. The second-order valence-corrected chi connectivity index (χ2v) is 7.91. The average Bonchev–Trinajstić information content (AvgIpc) is 3.17. The maximum Gasteiger partial charge on any atom is 0.179 e. The van der Waals surface area contributed by atoms with Crippen LogP contribution in [0.4, 0.5) is 0 Å². The first-order valence-corrected chi connectivity index (χ1v) is 8.76. The van der Waals surface area contributed by atoms with Crippen LogP contribution in [0.3, 0.4) is 0 Å². The van der Waals surface area contributed by atoms with Gasteiger partial charge in [0.1, 0.15) is 0 Å². The molecule has 5 heteroatoms. The van der Waals surface area contributed by atoms with Gasteiger partial charge in [0.2, 0.25) is 0 Å². The predicted octanol–water partition coefficient (Wildman–Crippen LogP) is 1.57. The molecule has 20 heavy (non-hydrogen) atoms. The number of methoxy groups -OCH3 is 1. The van der Waals surface area contributed by atoms with E-state index in [-0.39, 0.29) is 17.1 Å². The Balaban J connectivity index is 1.79. The molecule has 1 aromatic carbocycles. The summed E-state index contributed by atoms with van der Waals surface area (Å²) in [5, 5.41) is 3.40. The Morgan fingerprint density at radius 3 is 2.80 bits per heavy atom. The standard InChI is InChI=1S/C15H21NO3S/c1-19-9-8-16-11-15(6-7-15)13-10-20(17,18)14-5-3-2-4-12(13)14/h2-5,13,16H,6-11H2,1H3. The fourth-order valence-corrected chi connectivity index (χ4v) is 5.28. The molecule has 110 valence electrons. The Morgan fingerprint density at radius 1 is 1.35 bits per heavy atom. The summed E-state index contributed by atoms with van der Waals surface area (Å²) in [6, 6.07) is 7.50. The van der Waals surface area contributed by atoms with Gasteiger partial charge in [-0.15, -0.1) is 0 Å². The molecule has 0 spiro atoms. The summed E-state index contributed by atoms with van der Waals surface area (Å²) in [6.45, 7) is 2.39. The van der Waals surface area contributed by atoms with Gasteiger partial charge in [0.25, 0.3) is 0 Å². The molecule has 0 aromatic heterocycles. The summed E-state index contributed by atoms with van der Waals surface area (Å²) in [6.07, 6.45) is 2.23. The molecular formula is C15H21NO3S. The first-order valence-electron chi connectivity index (χ1n) is 7.10. The monoisotopic (exact) mass is 295 g/mol. The fourth-order valence-electron chi connectivity index (χ4n) is 3.28. The Labute approximate surface area is 120 Å². The molecule has 1 aliphatic carbocycles. The first-order chi connectivity index (χ1) is 9.59. The van der Waals surface area contributed by atoms with E-state index in [4.69, 9.17) is 4.74 Å². The zero-order valence-corrected chi connectivity index (χ0v) is 12.6. The first kappa shape index (κ1) is 14.0. The van der Waals surface area contributed by atoms with Crippen molar-refractivity contribution < 1.29 is 13.2 Å². The minimum atomic E-state index is -3.09. The van der Waals surface area contributed by atoms with Crippen molar-refractivity contribution in [1.82, 2.24) is 5.32 Å². The third-order valence-corrected chi connectivity index (χ3v) is 6.42. The lowest BCUT2D eigenvalue weighted by molar-refractivity contribution is 0.196. The van der Waals surface area contributed by atoms with Crippen molar-refractivity contribution in [2.24, 2.45) is 5.41 Å². The molecule has 0 saturated heterocycles. The van der Waals surface area contributed by atoms with E-state index in [0.717, 1.165) is 31.5 Å². The van der Waals surface area contributed by atoms with Gasteiger partial charge in [-0.1, -0.05) is 18.2 Å². The van der Waals surface area contributed by atoms with Crippen molar-refractivity contribution in [2.45, 2.75) is 23.7 Å². The van der Waals surface area contributed by atoms with Crippen molar-refractivity contribution >= 4 is 9.84 Å². The molecule has 4 nitrogen and oxygen atoms in total. The fraction of sp³-hybridized carbons (Fsp3) is 0.600. The number of ether oxygens (including phenoxy) is 1. The Morgan fingerprint density at radius 2 is 2.10 bits per heavy atom. The van der Waals surface area contributed by atoms with E-state index < -0.39 is 9.84 Å². The Hall–Kier alpha value is -0.910. The second kappa shape index (κ2) is 5.13. The number of nitrogens with one attached hydrogen (secondary N) is 1. The third-order valence-electron chi connectivity index (χ3n) is 4.61. The second-order valence-electron chi connectivity index (χ2n) is 5.90. The SMILES string of the molecule is COCCNCC1(C2CS(=O)(=O)c3ccccc32)CC1. The number of benzene rings is 1. The molecule has 1 saturated carbocycles. The van der Waals surface area contributed by atoms with E-state index in [2.05, 4.69) is 5.32 Å². The van der Waals surface area contributed by atoms with Crippen LogP contribution in [0, 0.1) is 5.41 Å². The molecule has 0 radical (unpaired) electrons. The van der Waals surface area contributed by atoms with E-state index in [1.165, 1.54) is 0 Å². The number of fused-ring (bicyclic) bond motifs is 1. The summed E-state index contributed by atoms with van der Waals surface area (Å²) >= 11 is 0. The predicted molar refractivity (Wildman–Crippen MR) is 77.6 cm³/mol. The Kier molecular flexibility index (Phi) is 3.60. The van der Waals surface area contributed by atoms with E-state index in [1.807, 2.05) is 18.2 Å². The van der Waals surface area contributed by atoms with E-state index in [0.29, 0.717) is 11.5 Å². The zero-order chi connectivity index (χ0) is 14.2. The number of hydrogen-bond donors (Lipinski definition) is 1. The van der Waals surface area contributed by atoms with Crippen molar-refractivity contribution in [2.75, 3.05) is 32.6 Å². The topological polar surface area (TPSA) is 55.4 Å². The molecule has 1 heterocycles. The normalized spacial score (nSPS) is 25.4. The summed E-state index contributed by atoms with van der Waals surface area (Å²) in [5.74, 6) is 0.428. The van der Waals surface area contributed by atoms with Gasteiger partial charge in [0.05, 0.1) is 17.3 Å². The van der Waals surface area contributed by atoms with E-state index in [1.54, 1.807) is 13.2 Å². The lowest BCUT2D eigenvalue weighted by Gasteiger charge is -2.23. The van der Waals surface area contributed by atoms with Gasteiger partial charge in [-0.3, -0.25) is 0 Å². The molecule has 1 aromatic rings. The van der Waals surface area contributed by atoms with Gasteiger partial charge >= 0.3 is 0 Å². The zero-order valence-electron chi connectivity index (χ0n) is 11.8. The van der Waals surface area contributed by atoms with E-state index in [9.17, 15) is 8.42 Å². The van der Waals surface area contributed by atoms with Crippen LogP contribution in [-0.2, 0) is 14.6 Å². The molecule has 2 aliphatic rings. The highest BCUT2D eigenvalue weighted by Gasteiger charge is 2.54. The quantitative estimate of drug-likeness (QED) is 0.810. The van der Waals surface area contributed by atoms with Crippen LogP contribution in [0.15, 0.2) is 29.2 Å². The van der Waals surface area contributed by atoms with Crippen LogP contribution >= 0.6 is 0 Å². The van der Waals surface area contributed by atoms with Gasteiger partial charge in [0, 0.05) is 26.1 Å². The van der Waals surface area contributed by atoms with Crippen molar-refractivity contribution in [3.63, 3.8) is 0 Å². The third kappa shape index (κ3) is 2.38. The summed E-state index contributed by atoms with van der Waals surface area (Å²) < 4.78 is 29.6. The summed E-state index contributed by atoms with van der Waals surface area (Å²) in [7, 11) is -1.40. The van der Waals surface area contributed by atoms with Crippen LogP contribution in [0.1, 0.15) is 24.3 Å². The van der Waals surface area contributed by atoms with Crippen LogP contribution in [-0.4, -0.2) is 41.0 Å². The van der Waals surface area contributed by atoms with Gasteiger partial charge in [0.15, 0.2) is 9.84 Å². The number of hydrogen-bond acceptors (Lipinski definition) is 4. The highest BCUT2D eigenvalue weighted by Crippen LogP contribution is 2.59. The Bertz CT molecular complexity index is 593. The lowest BCUT2D eigenvalue weighted by atomic mass is 9.84. The van der Waals surface area contributed by atoms with Crippen LogP contribution in [0.25, 0.3) is 0 Å². The van der Waals surface area contributed by atoms with Crippen LogP contribution < -0.4 is 5.32 Å². The minimum absolute atomic E-state index is 0.132. The number of rotatable bonds is 6. The van der Waals surface area contributed by atoms with Crippen molar-refractivity contribution in [1.29, 1.82) is 0 Å². The van der Waals surface area contributed by atoms with E-state index >= 15 is 0 Å². The molecule has 0 amide bonds. The molecule has 1 N–H and O–H groups in total. The maximum atomic E-state index is 12.3. The number of sulfone groups is 1. The van der Waals surface area contributed by atoms with Crippen LogP contribution in [0.5, 0.6) is 0 Å². The molecule has 1 atom stereocenters. The summed E-state index contributed by atoms with van der Waals surface area (Å²) in [5.41, 5.74) is 1.16.